The minimum Gasteiger partial charge on any atom is -0.356 e. The molecule has 1 saturated carbocycles. The van der Waals surface area contributed by atoms with Gasteiger partial charge in [-0.15, -0.1) is 9.24 Å². The molecule has 0 aromatic heterocycles. The average molecular weight is 476 g/mol. The van der Waals surface area contributed by atoms with Gasteiger partial charge in [0, 0.05) is 30.7 Å². The molecule has 1 aromatic rings. The third-order valence-corrected chi connectivity index (χ3v) is 7.80. The lowest BCUT2D eigenvalue weighted by atomic mass is 9.92. The van der Waals surface area contributed by atoms with Gasteiger partial charge in [-0.1, -0.05) is 12.5 Å². The third kappa shape index (κ3) is 5.26. The van der Waals surface area contributed by atoms with Crippen LogP contribution >= 0.6 is 9.24 Å². The molecule has 0 bridgehead atoms. The molecule has 9 heteroatoms. The van der Waals surface area contributed by atoms with Gasteiger partial charge in [-0.05, 0) is 61.6 Å². The van der Waals surface area contributed by atoms with Crippen molar-refractivity contribution < 1.29 is 23.6 Å². The van der Waals surface area contributed by atoms with Crippen LogP contribution in [0.1, 0.15) is 44.1 Å². The highest BCUT2D eigenvalue weighted by Crippen LogP contribution is 2.42. The number of rotatable bonds is 8. The van der Waals surface area contributed by atoms with Crippen LogP contribution in [0.25, 0.3) is 0 Å². The van der Waals surface area contributed by atoms with Crippen molar-refractivity contribution in [3.63, 3.8) is 0 Å². The number of halogens is 1. The second-order valence-electron chi connectivity index (χ2n) is 9.47. The van der Waals surface area contributed by atoms with Crippen molar-refractivity contribution >= 4 is 38.6 Å². The highest BCUT2D eigenvalue weighted by molar-refractivity contribution is 7.27. The van der Waals surface area contributed by atoms with Crippen molar-refractivity contribution in [3.05, 3.63) is 29.6 Å². The number of benzene rings is 1. The maximum atomic E-state index is 13.5. The van der Waals surface area contributed by atoms with Gasteiger partial charge in [-0.2, -0.15) is 0 Å². The van der Waals surface area contributed by atoms with Gasteiger partial charge in [0.25, 0.3) is 0 Å². The van der Waals surface area contributed by atoms with Crippen molar-refractivity contribution in [3.8, 4) is 0 Å². The molecule has 1 aliphatic carbocycles. The number of aldehydes is 1. The second kappa shape index (κ2) is 10.3. The molecule has 2 unspecified atom stereocenters. The lowest BCUT2D eigenvalue weighted by molar-refractivity contribution is -0.140. The number of hydrogen-bond donors (Lipinski definition) is 2. The topological polar surface area (TPSA) is 95.6 Å². The van der Waals surface area contributed by atoms with Crippen molar-refractivity contribution in [1.29, 1.82) is 0 Å². The first-order chi connectivity index (χ1) is 15.9. The minimum absolute atomic E-state index is 0.0842. The van der Waals surface area contributed by atoms with Gasteiger partial charge in [0.15, 0.2) is 0 Å². The molecule has 3 fully saturated rings. The third-order valence-electron chi connectivity index (χ3n) is 7.36. The lowest BCUT2D eigenvalue weighted by Crippen LogP contribution is -2.52. The molecule has 2 aliphatic heterocycles. The van der Waals surface area contributed by atoms with E-state index >= 15 is 0 Å². The van der Waals surface area contributed by atoms with Crippen LogP contribution < -0.4 is 15.9 Å². The Kier molecular flexibility index (Phi) is 7.42. The molecule has 6 atom stereocenters. The predicted molar refractivity (Wildman–Crippen MR) is 124 cm³/mol. The van der Waals surface area contributed by atoms with E-state index in [4.69, 9.17) is 0 Å². The van der Waals surface area contributed by atoms with Crippen LogP contribution in [0.5, 0.6) is 0 Å². The molecule has 4 rings (SSSR count). The molecule has 1 aromatic carbocycles. The fraction of sp³-hybridized carbons (Fsp3) is 0.583. The summed E-state index contributed by atoms with van der Waals surface area (Å²) in [6.07, 6.45) is 5.23. The van der Waals surface area contributed by atoms with Crippen molar-refractivity contribution in [2.24, 2.45) is 17.8 Å². The van der Waals surface area contributed by atoms with E-state index in [0.717, 1.165) is 24.8 Å². The lowest BCUT2D eigenvalue weighted by Gasteiger charge is -2.28. The number of aryl methyl sites for hydroxylation is 1. The van der Waals surface area contributed by atoms with Crippen LogP contribution in [0.4, 0.5) is 4.39 Å². The molecule has 2 heterocycles. The summed E-state index contributed by atoms with van der Waals surface area (Å²) in [5.41, 5.74) is 0.867. The second-order valence-corrected chi connectivity index (χ2v) is 10.1. The van der Waals surface area contributed by atoms with Gasteiger partial charge >= 0.3 is 0 Å². The number of nitrogens with zero attached hydrogens (tertiary/aromatic N) is 1. The Balaban J connectivity index is 1.41. The smallest absolute Gasteiger partial charge is 0.243 e. The van der Waals surface area contributed by atoms with E-state index in [9.17, 15) is 23.6 Å². The molecule has 7 nitrogen and oxygen atoms in total. The molecular formula is C24H31FN3O4P. The zero-order chi connectivity index (χ0) is 23.5. The van der Waals surface area contributed by atoms with Crippen molar-refractivity contribution in [2.75, 3.05) is 13.1 Å². The summed E-state index contributed by atoms with van der Waals surface area (Å²) in [4.78, 5) is 51.6. The Labute approximate surface area is 195 Å². The van der Waals surface area contributed by atoms with Crippen LogP contribution in [0.15, 0.2) is 18.2 Å². The molecule has 178 valence electrons. The first-order valence-corrected chi connectivity index (χ1v) is 12.3. The summed E-state index contributed by atoms with van der Waals surface area (Å²) >= 11 is 0. The van der Waals surface area contributed by atoms with Crippen LogP contribution in [-0.2, 0) is 25.6 Å². The maximum absolute atomic E-state index is 13.5. The maximum Gasteiger partial charge on any atom is 0.243 e. The zero-order valence-corrected chi connectivity index (χ0v) is 19.8. The fourth-order valence-electron chi connectivity index (χ4n) is 5.63. The first kappa shape index (κ1) is 23.8. The van der Waals surface area contributed by atoms with Gasteiger partial charge in [0.05, 0.1) is 6.04 Å². The summed E-state index contributed by atoms with van der Waals surface area (Å²) in [7, 11) is 2.35. The number of nitrogens with one attached hydrogen (secondary N) is 2. The monoisotopic (exact) mass is 475 g/mol. The molecule has 33 heavy (non-hydrogen) atoms. The molecule has 3 amide bonds. The summed E-state index contributed by atoms with van der Waals surface area (Å²) < 4.78 is 13.5. The van der Waals surface area contributed by atoms with Gasteiger partial charge in [-0.3, -0.25) is 14.4 Å². The Hall–Kier alpha value is -2.34. The first-order valence-electron chi connectivity index (χ1n) is 11.7. The van der Waals surface area contributed by atoms with Gasteiger partial charge in [-0.25, -0.2) is 4.39 Å². The zero-order valence-electron chi connectivity index (χ0n) is 18.6. The highest BCUT2D eigenvalue weighted by atomic mass is 31.0. The number of carbonyl (C=O) groups is 4. The SMILES string of the molecule is O=C[C@H](C[C@@H]1CCNC1=O)NC(=O)[C@@H]1[C@H]2CCCC2CN1C(=O)CCc1ccc(F)c(P)c1. The molecule has 2 N–H and O–H groups in total. The Morgan fingerprint density at radius 1 is 1.30 bits per heavy atom. The van der Waals surface area contributed by atoms with E-state index in [2.05, 4.69) is 19.9 Å². The van der Waals surface area contributed by atoms with E-state index in [1.54, 1.807) is 17.0 Å². The Morgan fingerprint density at radius 2 is 2.12 bits per heavy atom. The molecule has 0 spiro atoms. The van der Waals surface area contributed by atoms with Gasteiger partial charge in [0.1, 0.15) is 18.1 Å². The van der Waals surface area contributed by atoms with E-state index in [1.807, 2.05) is 0 Å². The van der Waals surface area contributed by atoms with Crippen LogP contribution in [0, 0.1) is 23.6 Å². The van der Waals surface area contributed by atoms with E-state index in [-0.39, 0.29) is 48.2 Å². The van der Waals surface area contributed by atoms with E-state index in [1.165, 1.54) is 6.07 Å². The van der Waals surface area contributed by atoms with Crippen LogP contribution in [-0.4, -0.2) is 54.1 Å². The minimum atomic E-state index is -0.747. The molecular weight excluding hydrogens is 444 g/mol. The standard InChI is InChI=1S/C24H31FN3O4P/c25-19-6-4-14(10-20(19)33)5-7-21(30)28-12-16-2-1-3-18(16)22(28)24(32)27-17(13-29)11-15-8-9-26-23(15)31/h4,6,10,13,15-18,22H,1-3,5,7-9,11-12,33H2,(H,26,31)(H,27,32)/t15-,16?,17-,18-,22-/m0/s1. The van der Waals surface area contributed by atoms with E-state index < -0.39 is 12.1 Å². The number of amides is 3. The van der Waals surface area contributed by atoms with E-state index in [0.29, 0.717) is 43.4 Å². The van der Waals surface area contributed by atoms with Gasteiger partial charge < -0.3 is 20.3 Å². The summed E-state index contributed by atoms with van der Waals surface area (Å²) in [5.74, 6) is -0.680. The predicted octanol–water partition coefficient (Wildman–Crippen LogP) is 1.10. The summed E-state index contributed by atoms with van der Waals surface area (Å²) in [5, 5.41) is 6.03. The van der Waals surface area contributed by atoms with Crippen LogP contribution in [0.2, 0.25) is 0 Å². The fourth-order valence-corrected chi connectivity index (χ4v) is 5.95. The quantitative estimate of drug-likeness (QED) is 0.435. The molecule has 0 radical (unpaired) electrons. The molecule has 2 saturated heterocycles. The number of fused-ring (bicyclic) bond motifs is 1. The highest BCUT2D eigenvalue weighted by Gasteiger charge is 2.49. The number of hydrogen-bond acceptors (Lipinski definition) is 4. The van der Waals surface area contributed by atoms with Crippen molar-refractivity contribution in [2.45, 2.75) is 57.0 Å². The number of likely N-dealkylation sites (tertiary alicyclic amines) is 1. The Morgan fingerprint density at radius 3 is 2.82 bits per heavy atom. The van der Waals surface area contributed by atoms with Crippen LogP contribution in [0.3, 0.4) is 0 Å². The Bertz CT molecular complexity index is 942. The van der Waals surface area contributed by atoms with Gasteiger partial charge in [0.2, 0.25) is 17.7 Å². The average Bonchev–Trinajstić information content (AvgIpc) is 3.50. The summed E-state index contributed by atoms with van der Waals surface area (Å²) in [6.45, 7) is 1.14. The number of carbonyl (C=O) groups excluding carboxylic acids is 4. The summed E-state index contributed by atoms with van der Waals surface area (Å²) in [6, 6.07) is 3.44. The largest absolute Gasteiger partial charge is 0.356 e. The normalized spacial score (nSPS) is 27.2. The van der Waals surface area contributed by atoms with Crippen molar-refractivity contribution in [1.82, 2.24) is 15.5 Å². The molecule has 3 aliphatic rings.